The van der Waals surface area contributed by atoms with Crippen molar-refractivity contribution < 1.29 is 17.9 Å². The highest BCUT2D eigenvalue weighted by atomic mass is 32.2. The summed E-state index contributed by atoms with van der Waals surface area (Å²) in [5, 5.41) is 4.98. The molecule has 1 aliphatic heterocycles. The van der Waals surface area contributed by atoms with Crippen molar-refractivity contribution in [1.29, 1.82) is 0 Å². The number of cyclic esters (lactones) is 1. The number of ether oxygens (including phenoxy) is 1. The smallest absolute Gasteiger partial charge is 0.338 e. The second-order valence-corrected chi connectivity index (χ2v) is 9.83. The summed E-state index contributed by atoms with van der Waals surface area (Å²) in [4.78, 5) is 11.6. The summed E-state index contributed by atoms with van der Waals surface area (Å²) >= 11 is 0. The molecular weight excluding hydrogens is 374 g/mol. The predicted molar refractivity (Wildman–Crippen MR) is 115 cm³/mol. The van der Waals surface area contributed by atoms with Crippen molar-refractivity contribution in [3.8, 4) is 0 Å². The fraction of sp³-hybridized carbons (Fsp3) is 0.864. The molecule has 2 N–H and O–H groups in total. The molecule has 0 aromatic rings. The molecule has 0 aliphatic carbocycles. The van der Waals surface area contributed by atoms with E-state index in [0.717, 1.165) is 37.7 Å². The Labute approximate surface area is 172 Å². The van der Waals surface area contributed by atoms with Crippen LogP contribution in [0.1, 0.15) is 110 Å². The van der Waals surface area contributed by atoms with Gasteiger partial charge in [-0.3, -0.25) is 0 Å². The molecule has 1 aliphatic rings. The first-order valence-corrected chi connectivity index (χ1v) is 13.1. The molecule has 1 rings (SSSR count). The van der Waals surface area contributed by atoms with Crippen LogP contribution >= 0.6 is 0 Å². The van der Waals surface area contributed by atoms with Crippen LogP contribution in [0.3, 0.4) is 0 Å². The molecule has 1 unspecified atom stereocenters. The first-order valence-electron chi connectivity index (χ1n) is 11.4. The SMILES string of the molecule is CCCCCCCCCCCCCC1OC(=O)C1=CCCCCCS(N)(=O)=O. The monoisotopic (exact) mass is 415 g/mol. The summed E-state index contributed by atoms with van der Waals surface area (Å²) in [5.74, 6) is -0.148. The Hall–Kier alpha value is -0.880. The number of nitrogens with two attached hydrogens (primary N) is 1. The molecule has 1 atom stereocenters. The number of primary sulfonamides is 1. The van der Waals surface area contributed by atoms with Crippen molar-refractivity contribution in [2.75, 3.05) is 5.75 Å². The molecule has 28 heavy (non-hydrogen) atoms. The zero-order chi connectivity index (χ0) is 20.7. The second kappa shape index (κ2) is 15.0. The molecule has 1 fully saturated rings. The van der Waals surface area contributed by atoms with E-state index < -0.39 is 10.0 Å². The van der Waals surface area contributed by atoms with Crippen LogP contribution in [0, 0.1) is 0 Å². The van der Waals surface area contributed by atoms with Gasteiger partial charge in [0.1, 0.15) is 6.10 Å². The van der Waals surface area contributed by atoms with E-state index in [1.807, 2.05) is 6.08 Å². The van der Waals surface area contributed by atoms with Gasteiger partial charge in [0.25, 0.3) is 0 Å². The van der Waals surface area contributed by atoms with E-state index in [4.69, 9.17) is 9.88 Å². The van der Waals surface area contributed by atoms with Gasteiger partial charge in [-0.1, -0.05) is 83.6 Å². The third-order valence-corrected chi connectivity index (χ3v) is 6.26. The molecule has 0 bridgehead atoms. The Morgan fingerprint density at radius 2 is 1.39 bits per heavy atom. The molecule has 164 valence electrons. The summed E-state index contributed by atoms with van der Waals surface area (Å²) in [5.41, 5.74) is 0.818. The number of unbranched alkanes of at least 4 members (excludes halogenated alkanes) is 13. The zero-order valence-corrected chi connectivity index (χ0v) is 18.6. The van der Waals surface area contributed by atoms with Gasteiger partial charge in [-0.25, -0.2) is 18.4 Å². The number of sulfonamides is 1. The maximum Gasteiger partial charge on any atom is 0.338 e. The minimum absolute atomic E-state index is 0.0181. The van der Waals surface area contributed by atoms with E-state index in [-0.39, 0.29) is 17.8 Å². The van der Waals surface area contributed by atoms with Crippen LogP contribution in [-0.4, -0.2) is 26.2 Å². The van der Waals surface area contributed by atoms with Gasteiger partial charge in [-0.05, 0) is 32.1 Å². The van der Waals surface area contributed by atoms with Crippen LogP contribution in [0.25, 0.3) is 0 Å². The molecule has 1 heterocycles. The molecule has 1 saturated heterocycles. The zero-order valence-electron chi connectivity index (χ0n) is 17.8. The lowest BCUT2D eigenvalue weighted by atomic mass is 9.96. The number of carbonyl (C=O) groups is 1. The fourth-order valence-electron chi connectivity index (χ4n) is 3.64. The third-order valence-electron chi connectivity index (χ3n) is 5.40. The lowest BCUT2D eigenvalue weighted by Crippen LogP contribution is -2.36. The minimum Gasteiger partial charge on any atom is -0.454 e. The van der Waals surface area contributed by atoms with E-state index in [9.17, 15) is 13.2 Å². The van der Waals surface area contributed by atoms with Gasteiger partial charge in [0.05, 0.1) is 11.3 Å². The van der Waals surface area contributed by atoms with Crippen LogP contribution in [-0.2, 0) is 19.6 Å². The highest BCUT2D eigenvalue weighted by Gasteiger charge is 2.34. The van der Waals surface area contributed by atoms with Crippen LogP contribution in [0.2, 0.25) is 0 Å². The van der Waals surface area contributed by atoms with E-state index >= 15 is 0 Å². The van der Waals surface area contributed by atoms with Gasteiger partial charge in [-0.15, -0.1) is 0 Å². The molecule has 5 nitrogen and oxygen atoms in total. The largest absolute Gasteiger partial charge is 0.454 e. The summed E-state index contributed by atoms with van der Waals surface area (Å²) in [7, 11) is -3.35. The maximum absolute atomic E-state index is 11.6. The van der Waals surface area contributed by atoms with Crippen LogP contribution in [0.5, 0.6) is 0 Å². The number of allylic oxidation sites excluding steroid dienone is 1. The Morgan fingerprint density at radius 1 is 0.857 bits per heavy atom. The first-order chi connectivity index (χ1) is 13.4. The second-order valence-electron chi connectivity index (χ2n) is 8.09. The van der Waals surface area contributed by atoms with E-state index in [1.165, 1.54) is 64.2 Å². The van der Waals surface area contributed by atoms with Crippen molar-refractivity contribution >= 4 is 16.0 Å². The van der Waals surface area contributed by atoms with Gasteiger partial charge in [0, 0.05) is 0 Å². The van der Waals surface area contributed by atoms with E-state index in [1.54, 1.807) is 0 Å². The quantitative estimate of drug-likeness (QED) is 0.185. The maximum atomic E-state index is 11.6. The molecule has 0 aromatic carbocycles. The number of hydrogen-bond acceptors (Lipinski definition) is 4. The number of rotatable bonds is 18. The molecule has 0 radical (unpaired) electrons. The van der Waals surface area contributed by atoms with Gasteiger partial charge in [0.15, 0.2) is 0 Å². The van der Waals surface area contributed by atoms with E-state index in [2.05, 4.69) is 6.92 Å². The molecule has 0 saturated carbocycles. The van der Waals surface area contributed by atoms with Crippen LogP contribution in [0.15, 0.2) is 11.6 Å². The van der Waals surface area contributed by atoms with Crippen molar-refractivity contribution in [1.82, 2.24) is 0 Å². The van der Waals surface area contributed by atoms with Crippen LogP contribution < -0.4 is 5.14 Å². The normalized spacial score (nSPS) is 18.3. The first kappa shape index (κ1) is 25.2. The predicted octanol–water partition coefficient (Wildman–Crippen LogP) is 5.39. The summed E-state index contributed by atoms with van der Waals surface area (Å²) in [6, 6.07) is 0. The topological polar surface area (TPSA) is 86.5 Å². The van der Waals surface area contributed by atoms with E-state index in [0.29, 0.717) is 6.42 Å². The molecule has 0 spiro atoms. The standard InChI is InChI=1S/C22H41NO4S/c1-2-3-4-5-6-7-8-9-10-11-15-18-21-20(22(24)27-21)17-14-12-13-16-19-28(23,25)26/h17,21H,2-16,18-19H2,1H3,(H2,23,25,26). The van der Waals surface area contributed by atoms with Gasteiger partial charge < -0.3 is 4.74 Å². The molecule has 6 heteroatoms. The average Bonchev–Trinajstić information content (AvgIpc) is 2.63. The summed E-state index contributed by atoms with van der Waals surface area (Å²) in [6.07, 6.45) is 20.4. The fourth-order valence-corrected chi connectivity index (χ4v) is 4.25. The number of carbonyl (C=O) groups excluding carboxylic acids is 1. The Bertz CT molecular complexity index is 557. The molecular formula is C22H41NO4S. The lowest BCUT2D eigenvalue weighted by molar-refractivity contribution is -0.156. The Kier molecular flexibility index (Phi) is 13.5. The average molecular weight is 416 g/mol. The Balaban J connectivity index is 1.99. The highest BCUT2D eigenvalue weighted by molar-refractivity contribution is 7.89. The van der Waals surface area contributed by atoms with Crippen molar-refractivity contribution in [3.05, 3.63) is 11.6 Å². The van der Waals surface area contributed by atoms with Crippen molar-refractivity contribution in [2.45, 2.75) is 116 Å². The van der Waals surface area contributed by atoms with Crippen LogP contribution in [0.4, 0.5) is 0 Å². The molecule has 0 aromatic heterocycles. The number of hydrogen-bond donors (Lipinski definition) is 1. The van der Waals surface area contributed by atoms with Gasteiger partial charge in [0.2, 0.25) is 10.0 Å². The van der Waals surface area contributed by atoms with Gasteiger partial charge >= 0.3 is 5.97 Å². The highest BCUT2D eigenvalue weighted by Crippen LogP contribution is 2.27. The van der Waals surface area contributed by atoms with Gasteiger partial charge in [-0.2, -0.15) is 0 Å². The minimum atomic E-state index is -3.35. The lowest BCUT2D eigenvalue weighted by Gasteiger charge is -2.29. The third kappa shape index (κ3) is 12.6. The Morgan fingerprint density at radius 3 is 1.93 bits per heavy atom. The molecule has 0 amide bonds. The number of esters is 1. The van der Waals surface area contributed by atoms with Crippen molar-refractivity contribution in [3.63, 3.8) is 0 Å². The summed E-state index contributed by atoms with van der Waals surface area (Å²) in [6.45, 7) is 2.25. The van der Waals surface area contributed by atoms with Crippen molar-refractivity contribution in [2.24, 2.45) is 5.14 Å². The summed E-state index contributed by atoms with van der Waals surface area (Å²) < 4.78 is 27.0.